The number of anilines is 1. The van der Waals surface area contributed by atoms with E-state index in [9.17, 15) is 4.79 Å². The summed E-state index contributed by atoms with van der Waals surface area (Å²) in [6.07, 6.45) is 2.51. The second-order valence-corrected chi connectivity index (χ2v) is 9.10. The molecule has 0 saturated carbocycles. The van der Waals surface area contributed by atoms with E-state index < -0.39 is 0 Å². The summed E-state index contributed by atoms with van der Waals surface area (Å²) in [6.45, 7) is 1.65. The number of Topliss-reactive ketones (excluding diaryl/α,β-unsaturated/α-hetero) is 1. The number of ether oxygens (including phenoxy) is 1. The molecule has 5 heteroatoms. The minimum absolute atomic E-state index is 0.136. The summed E-state index contributed by atoms with van der Waals surface area (Å²) in [6, 6.07) is 26.3. The van der Waals surface area contributed by atoms with Crippen molar-refractivity contribution in [3.05, 3.63) is 100 Å². The standard InChI is InChI=1S/C28H23BrN2O2/c1-18(32)15-28-24-16-20-5-3-4-6-25(20)30-26(24)17-27(19-7-13-23(33-2)14-8-19)31(28)22-11-9-21(29)10-12-22/h3-14,16-17,28H,15H2,1-2H3. The van der Waals surface area contributed by atoms with Crippen LogP contribution in [0.2, 0.25) is 0 Å². The highest BCUT2D eigenvalue weighted by Crippen LogP contribution is 2.44. The molecule has 1 aliphatic rings. The molecule has 1 aliphatic heterocycles. The van der Waals surface area contributed by atoms with Gasteiger partial charge in [0, 0.05) is 27.5 Å². The lowest BCUT2D eigenvalue weighted by molar-refractivity contribution is -0.117. The van der Waals surface area contributed by atoms with E-state index in [4.69, 9.17) is 9.72 Å². The van der Waals surface area contributed by atoms with Crippen LogP contribution in [0.3, 0.4) is 0 Å². The van der Waals surface area contributed by atoms with Crippen LogP contribution in [0, 0.1) is 0 Å². The lowest BCUT2D eigenvalue weighted by Gasteiger charge is -2.39. The van der Waals surface area contributed by atoms with Crippen molar-refractivity contribution in [1.29, 1.82) is 0 Å². The maximum atomic E-state index is 12.5. The molecule has 0 bridgehead atoms. The quantitative estimate of drug-likeness (QED) is 0.295. The predicted octanol–water partition coefficient (Wildman–Crippen LogP) is 7.04. The molecule has 0 saturated heterocycles. The molecule has 4 nitrogen and oxygen atoms in total. The van der Waals surface area contributed by atoms with Gasteiger partial charge in [0.2, 0.25) is 0 Å². The molecule has 5 rings (SSSR count). The second-order valence-electron chi connectivity index (χ2n) is 8.18. The molecule has 0 spiro atoms. The number of para-hydroxylation sites is 1. The number of methoxy groups -OCH3 is 1. The van der Waals surface area contributed by atoms with Crippen LogP contribution >= 0.6 is 15.9 Å². The number of halogens is 1. The molecule has 0 aliphatic carbocycles. The van der Waals surface area contributed by atoms with E-state index >= 15 is 0 Å². The van der Waals surface area contributed by atoms with Gasteiger partial charge < -0.3 is 9.64 Å². The molecule has 0 amide bonds. The fourth-order valence-electron chi connectivity index (χ4n) is 4.41. The SMILES string of the molecule is COc1ccc(C2=Cc3nc4ccccc4cc3C(CC(C)=O)N2c2ccc(Br)cc2)cc1. The molecule has 0 fully saturated rings. The van der Waals surface area contributed by atoms with Crippen molar-refractivity contribution in [2.24, 2.45) is 0 Å². The third-order valence-corrected chi connectivity index (χ3v) is 6.49. The Hall–Kier alpha value is -3.44. The number of aromatic nitrogens is 1. The minimum atomic E-state index is -0.169. The van der Waals surface area contributed by atoms with E-state index in [2.05, 4.69) is 51.2 Å². The van der Waals surface area contributed by atoms with Crippen molar-refractivity contribution >= 4 is 50.1 Å². The van der Waals surface area contributed by atoms with Crippen LogP contribution in [-0.4, -0.2) is 17.9 Å². The Labute approximate surface area is 201 Å². The van der Waals surface area contributed by atoms with E-state index in [0.29, 0.717) is 6.42 Å². The molecule has 2 heterocycles. The number of fused-ring (bicyclic) bond motifs is 2. The van der Waals surface area contributed by atoms with Crippen LogP contribution in [0.5, 0.6) is 5.75 Å². The third kappa shape index (κ3) is 4.16. The average Bonchev–Trinajstić information content (AvgIpc) is 2.83. The van der Waals surface area contributed by atoms with Crippen molar-refractivity contribution in [3.8, 4) is 5.75 Å². The summed E-state index contributed by atoms with van der Waals surface area (Å²) in [5.41, 5.74) is 5.96. The fraction of sp³-hybridized carbons (Fsp3) is 0.143. The number of carbonyl (C=O) groups is 1. The van der Waals surface area contributed by atoms with Crippen molar-refractivity contribution in [3.63, 3.8) is 0 Å². The monoisotopic (exact) mass is 498 g/mol. The Balaban J connectivity index is 1.77. The van der Waals surface area contributed by atoms with Crippen LogP contribution in [0.25, 0.3) is 22.7 Å². The van der Waals surface area contributed by atoms with Crippen molar-refractivity contribution in [2.75, 3.05) is 12.0 Å². The van der Waals surface area contributed by atoms with Gasteiger partial charge in [-0.3, -0.25) is 4.79 Å². The number of benzene rings is 3. The first-order valence-corrected chi connectivity index (χ1v) is 11.6. The topological polar surface area (TPSA) is 42.4 Å². The molecule has 0 radical (unpaired) electrons. The summed E-state index contributed by atoms with van der Waals surface area (Å²) >= 11 is 3.54. The lowest BCUT2D eigenvalue weighted by atomic mass is 9.90. The number of nitrogens with zero attached hydrogens (tertiary/aromatic N) is 2. The van der Waals surface area contributed by atoms with Gasteiger partial charge in [-0.25, -0.2) is 4.98 Å². The Morgan fingerprint density at radius 2 is 1.76 bits per heavy atom. The number of carbonyl (C=O) groups excluding carboxylic acids is 1. The number of ketones is 1. The highest BCUT2D eigenvalue weighted by Gasteiger charge is 2.32. The maximum absolute atomic E-state index is 12.5. The average molecular weight is 499 g/mol. The zero-order valence-electron chi connectivity index (χ0n) is 18.5. The summed E-state index contributed by atoms with van der Waals surface area (Å²) in [4.78, 5) is 19.7. The van der Waals surface area contributed by atoms with Crippen molar-refractivity contribution in [2.45, 2.75) is 19.4 Å². The van der Waals surface area contributed by atoms with E-state index in [-0.39, 0.29) is 11.8 Å². The molecule has 1 aromatic heterocycles. The fourth-order valence-corrected chi connectivity index (χ4v) is 4.68. The normalized spacial score (nSPS) is 15.2. The van der Waals surface area contributed by atoms with Gasteiger partial charge in [-0.05, 0) is 79.2 Å². The van der Waals surface area contributed by atoms with Gasteiger partial charge in [-0.2, -0.15) is 0 Å². The first-order valence-electron chi connectivity index (χ1n) is 10.8. The summed E-state index contributed by atoms with van der Waals surface area (Å²) < 4.78 is 6.37. The molecule has 0 N–H and O–H groups in total. The zero-order valence-corrected chi connectivity index (χ0v) is 20.0. The Morgan fingerprint density at radius 1 is 1.03 bits per heavy atom. The first kappa shape index (κ1) is 21.4. The zero-order chi connectivity index (χ0) is 22.9. The third-order valence-electron chi connectivity index (χ3n) is 5.96. The lowest BCUT2D eigenvalue weighted by Crippen LogP contribution is -2.32. The maximum Gasteiger partial charge on any atom is 0.132 e. The van der Waals surface area contributed by atoms with Gasteiger partial charge in [-0.15, -0.1) is 0 Å². The Kier molecular flexibility index (Phi) is 5.73. The molecular formula is C28H23BrN2O2. The summed E-state index contributed by atoms with van der Waals surface area (Å²) in [5.74, 6) is 0.937. The Morgan fingerprint density at radius 3 is 2.45 bits per heavy atom. The molecule has 3 aromatic carbocycles. The van der Waals surface area contributed by atoms with Crippen LogP contribution in [0.4, 0.5) is 5.69 Å². The molecule has 164 valence electrons. The van der Waals surface area contributed by atoms with Gasteiger partial charge in [-0.1, -0.05) is 34.1 Å². The van der Waals surface area contributed by atoms with Gasteiger partial charge in [0.1, 0.15) is 11.5 Å². The van der Waals surface area contributed by atoms with Gasteiger partial charge in [0.15, 0.2) is 0 Å². The van der Waals surface area contributed by atoms with E-state index in [1.54, 1.807) is 14.0 Å². The minimum Gasteiger partial charge on any atom is -0.497 e. The highest BCUT2D eigenvalue weighted by molar-refractivity contribution is 9.10. The molecule has 4 aromatic rings. The van der Waals surface area contributed by atoms with Crippen molar-refractivity contribution < 1.29 is 9.53 Å². The number of pyridine rings is 1. The van der Waals surface area contributed by atoms with Crippen LogP contribution in [0.1, 0.15) is 36.2 Å². The number of hydrogen-bond donors (Lipinski definition) is 0. The van der Waals surface area contributed by atoms with Crippen molar-refractivity contribution in [1.82, 2.24) is 4.98 Å². The van der Waals surface area contributed by atoms with E-state index in [0.717, 1.165) is 49.3 Å². The largest absolute Gasteiger partial charge is 0.497 e. The smallest absolute Gasteiger partial charge is 0.132 e. The molecular weight excluding hydrogens is 476 g/mol. The molecule has 33 heavy (non-hydrogen) atoms. The van der Waals surface area contributed by atoms with Gasteiger partial charge in [0.05, 0.1) is 30.1 Å². The highest BCUT2D eigenvalue weighted by atomic mass is 79.9. The summed E-state index contributed by atoms with van der Waals surface area (Å²) in [7, 11) is 1.66. The van der Waals surface area contributed by atoms with Crippen LogP contribution < -0.4 is 9.64 Å². The Bertz CT molecular complexity index is 1360. The first-order chi connectivity index (χ1) is 16.0. The van der Waals surface area contributed by atoms with Crippen LogP contribution in [-0.2, 0) is 4.79 Å². The second kappa shape index (κ2) is 8.83. The van der Waals surface area contributed by atoms with Gasteiger partial charge in [0.25, 0.3) is 0 Å². The molecule has 1 atom stereocenters. The molecule has 1 unspecified atom stereocenters. The number of hydrogen-bond acceptors (Lipinski definition) is 4. The predicted molar refractivity (Wildman–Crippen MR) is 137 cm³/mol. The number of rotatable bonds is 5. The van der Waals surface area contributed by atoms with E-state index in [1.807, 2.05) is 54.6 Å². The van der Waals surface area contributed by atoms with Crippen LogP contribution in [0.15, 0.2) is 83.3 Å². The van der Waals surface area contributed by atoms with Gasteiger partial charge >= 0.3 is 0 Å². The summed E-state index contributed by atoms with van der Waals surface area (Å²) in [5, 5.41) is 1.07. The van der Waals surface area contributed by atoms with E-state index in [1.165, 1.54) is 0 Å².